The summed E-state index contributed by atoms with van der Waals surface area (Å²) in [5.74, 6) is 0.265. The highest BCUT2D eigenvalue weighted by molar-refractivity contribution is 7.16. The number of rotatable bonds is 5. The Hall–Kier alpha value is -0.330. The van der Waals surface area contributed by atoms with Gasteiger partial charge in [-0.15, -0.1) is 23.7 Å². The molecule has 1 unspecified atom stereocenters. The number of carbonyl (C=O) groups excluding carboxylic acids is 1. The van der Waals surface area contributed by atoms with E-state index < -0.39 is 6.04 Å². The summed E-state index contributed by atoms with van der Waals surface area (Å²) < 4.78 is 6.07. The van der Waals surface area contributed by atoms with E-state index >= 15 is 0 Å². The van der Waals surface area contributed by atoms with Crippen molar-refractivity contribution >= 4 is 41.3 Å². The molecule has 1 saturated heterocycles. The molecule has 1 aliphatic rings. The van der Waals surface area contributed by atoms with Gasteiger partial charge in [0.05, 0.1) is 16.9 Å². The molecular formula is C14H22Cl2N2O2S. The second kappa shape index (κ2) is 8.96. The molecule has 1 amide bonds. The maximum absolute atomic E-state index is 12.5. The third-order valence-electron chi connectivity index (χ3n) is 3.73. The molecule has 0 aromatic carbocycles. The van der Waals surface area contributed by atoms with Crippen LogP contribution in [0.1, 0.15) is 24.6 Å². The Bertz CT molecular complexity index is 450. The molecule has 1 fully saturated rings. The van der Waals surface area contributed by atoms with Gasteiger partial charge in [-0.2, -0.15) is 0 Å². The first-order valence-corrected chi connectivity index (χ1v) is 8.17. The van der Waals surface area contributed by atoms with E-state index in [0.717, 1.165) is 22.1 Å². The van der Waals surface area contributed by atoms with Crippen molar-refractivity contribution in [3.8, 4) is 0 Å². The molecule has 1 aromatic rings. The van der Waals surface area contributed by atoms with E-state index in [0.29, 0.717) is 26.3 Å². The smallest absolute Gasteiger partial charge is 0.240 e. The van der Waals surface area contributed by atoms with Crippen LogP contribution in [0.15, 0.2) is 12.1 Å². The van der Waals surface area contributed by atoms with Crippen LogP contribution in [0.3, 0.4) is 0 Å². The van der Waals surface area contributed by atoms with Gasteiger partial charge in [0.15, 0.2) is 0 Å². The van der Waals surface area contributed by atoms with Gasteiger partial charge in [-0.1, -0.05) is 11.6 Å². The Morgan fingerprint density at radius 3 is 2.71 bits per heavy atom. The summed E-state index contributed by atoms with van der Waals surface area (Å²) in [5.41, 5.74) is 6.16. The minimum Gasteiger partial charge on any atom is -0.381 e. The fourth-order valence-electron chi connectivity index (χ4n) is 2.46. The molecule has 1 aromatic heterocycles. The summed E-state index contributed by atoms with van der Waals surface area (Å²) in [6.07, 6.45) is 1.74. The lowest BCUT2D eigenvalue weighted by molar-refractivity contribution is -0.135. The Balaban J connectivity index is 0.00000220. The van der Waals surface area contributed by atoms with E-state index in [1.807, 2.05) is 24.0 Å². The second-order valence-electron chi connectivity index (χ2n) is 5.03. The highest BCUT2D eigenvalue weighted by atomic mass is 35.5. The van der Waals surface area contributed by atoms with Crippen LogP contribution in [0.25, 0.3) is 0 Å². The largest absolute Gasteiger partial charge is 0.381 e. The van der Waals surface area contributed by atoms with Crippen molar-refractivity contribution < 1.29 is 9.53 Å². The van der Waals surface area contributed by atoms with Gasteiger partial charge in [0.1, 0.15) is 0 Å². The number of ether oxygens (including phenoxy) is 1. The number of hydrogen-bond donors (Lipinski definition) is 1. The highest BCUT2D eigenvalue weighted by Crippen LogP contribution is 2.24. The third kappa shape index (κ3) is 5.11. The average Bonchev–Trinajstić information content (AvgIpc) is 2.89. The molecule has 0 spiro atoms. The Morgan fingerprint density at radius 2 is 2.19 bits per heavy atom. The zero-order valence-corrected chi connectivity index (χ0v) is 14.5. The van der Waals surface area contributed by atoms with Gasteiger partial charge in [0.2, 0.25) is 5.91 Å². The minimum atomic E-state index is -0.422. The molecule has 2 rings (SSSR count). The topological polar surface area (TPSA) is 55.6 Å². The summed E-state index contributed by atoms with van der Waals surface area (Å²) in [5, 5.41) is 0. The van der Waals surface area contributed by atoms with Crippen LogP contribution in [-0.2, 0) is 16.1 Å². The van der Waals surface area contributed by atoms with Crippen LogP contribution < -0.4 is 5.73 Å². The van der Waals surface area contributed by atoms with Crippen molar-refractivity contribution in [1.82, 2.24) is 4.90 Å². The van der Waals surface area contributed by atoms with Gasteiger partial charge in [0.25, 0.3) is 0 Å². The normalized spacial score (nSPS) is 17.1. The summed E-state index contributed by atoms with van der Waals surface area (Å²) in [4.78, 5) is 15.4. The molecule has 4 nitrogen and oxygen atoms in total. The number of likely N-dealkylation sites (N-methyl/N-ethyl adjacent to an activating group) is 1. The summed E-state index contributed by atoms with van der Waals surface area (Å²) in [7, 11) is 0. The van der Waals surface area contributed by atoms with Crippen molar-refractivity contribution in [2.75, 3.05) is 19.8 Å². The van der Waals surface area contributed by atoms with Crippen molar-refractivity contribution in [3.63, 3.8) is 0 Å². The Kier molecular flexibility index (Phi) is 7.98. The van der Waals surface area contributed by atoms with Crippen LogP contribution in [0.4, 0.5) is 0 Å². The monoisotopic (exact) mass is 352 g/mol. The van der Waals surface area contributed by atoms with E-state index in [2.05, 4.69) is 0 Å². The number of nitrogens with two attached hydrogens (primary N) is 1. The molecule has 0 radical (unpaired) electrons. The average molecular weight is 353 g/mol. The number of carbonyl (C=O) groups is 1. The maximum atomic E-state index is 12.5. The predicted octanol–water partition coefficient (Wildman–Crippen LogP) is 2.93. The fourth-order valence-corrected chi connectivity index (χ4v) is 3.56. The van der Waals surface area contributed by atoms with E-state index in [-0.39, 0.29) is 24.2 Å². The Labute approximate surface area is 141 Å². The van der Waals surface area contributed by atoms with Gasteiger partial charge in [0, 0.05) is 24.6 Å². The molecule has 1 atom stereocenters. The number of nitrogens with zero attached hydrogens (tertiary/aromatic N) is 1. The zero-order chi connectivity index (χ0) is 14.5. The molecule has 120 valence electrons. The van der Waals surface area contributed by atoms with Gasteiger partial charge >= 0.3 is 0 Å². The second-order valence-corrected chi connectivity index (χ2v) is 6.83. The molecule has 1 aliphatic heterocycles. The van der Waals surface area contributed by atoms with Gasteiger partial charge in [-0.05, 0) is 37.8 Å². The first-order valence-electron chi connectivity index (χ1n) is 6.98. The van der Waals surface area contributed by atoms with Crippen molar-refractivity contribution in [1.29, 1.82) is 0 Å². The first kappa shape index (κ1) is 18.7. The first-order chi connectivity index (χ1) is 9.61. The number of thiophene rings is 1. The van der Waals surface area contributed by atoms with Crippen molar-refractivity contribution in [2.45, 2.75) is 32.4 Å². The summed E-state index contributed by atoms with van der Waals surface area (Å²) in [6, 6.07) is 3.40. The third-order valence-corrected chi connectivity index (χ3v) is 4.94. The summed E-state index contributed by atoms with van der Waals surface area (Å²) >= 11 is 7.43. The lowest BCUT2D eigenvalue weighted by atomic mass is 9.91. The Morgan fingerprint density at radius 1 is 1.52 bits per heavy atom. The van der Waals surface area contributed by atoms with E-state index in [1.165, 1.54) is 11.3 Å². The molecule has 21 heavy (non-hydrogen) atoms. The minimum absolute atomic E-state index is 0. The van der Waals surface area contributed by atoms with E-state index in [1.54, 1.807) is 0 Å². The number of halogens is 2. The van der Waals surface area contributed by atoms with E-state index in [9.17, 15) is 4.79 Å². The standard InChI is InChI=1S/C14H21ClN2O2S.ClH/c1-2-17(9-11-3-4-12(15)20-11)14(18)13(16)10-5-7-19-8-6-10;/h3-4,10,13H,2,5-9,16H2,1H3;1H. The lowest BCUT2D eigenvalue weighted by Gasteiger charge is -2.31. The summed E-state index contributed by atoms with van der Waals surface area (Å²) in [6.45, 7) is 4.63. The van der Waals surface area contributed by atoms with E-state index in [4.69, 9.17) is 22.1 Å². The quantitative estimate of drug-likeness (QED) is 0.886. The van der Waals surface area contributed by atoms with Crippen LogP contribution in [-0.4, -0.2) is 36.6 Å². The predicted molar refractivity (Wildman–Crippen MR) is 89.2 cm³/mol. The van der Waals surface area contributed by atoms with Gasteiger partial charge in [-0.25, -0.2) is 0 Å². The zero-order valence-electron chi connectivity index (χ0n) is 12.1. The van der Waals surface area contributed by atoms with Gasteiger partial charge < -0.3 is 15.4 Å². The molecule has 0 aliphatic carbocycles. The molecule has 2 heterocycles. The fraction of sp³-hybridized carbons (Fsp3) is 0.643. The van der Waals surface area contributed by atoms with Crippen LogP contribution in [0, 0.1) is 5.92 Å². The van der Waals surface area contributed by atoms with Crippen LogP contribution >= 0.6 is 35.3 Å². The SMILES string of the molecule is CCN(Cc1ccc(Cl)s1)C(=O)C(N)C1CCOCC1.Cl. The molecule has 7 heteroatoms. The number of amides is 1. The maximum Gasteiger partial charge on any atom is 0.240 e. The molecule has 0 bridgehead atoms. The van der Waals surface area contributed by atoms with Crippen LogP contribution in [0.2, 0.25) is 4.34 Å². The number of hydrogen-bond acceptors (Lipinski definition) is 4. The molecule has 2 N–H and O–H groups in total. The van der Waals surface area contributed by atoms with Crippen LogP contribution in [0.5, 0.6) is 0 Å². The molecule has 0 saturated carbocycles. The van der Waals surface area contributed by atoms with Crippen molar-refractivity contribution in [3.05, 3.63) is 21.3 Å². The highest BCUT2D eigenvalue weighted by Gasteiger charge is 2.29. The molecular weight excluding hydrogens is 331 g/mol. The van der Waals surface area contributed by atoms with Crippen molar-refractivity contribution in [2.24, 2.45) is 11.7 Å². The lowest BCUT2D eigenvalue weighted by Crippen LogP contribution is -2.48. The van der Waals surface area contributed by atoms with Gasteiger partial charge in [-0.3, -0.25) is 4.79 Å².